The highest BCUT2D eigenvalue weighted by atomic mass is 32.2. The zero-order chi connectivity index (χ0) is 29.6. The molecule has 0 spiro atoms. The molecule has 5 nitrogen and oxygen atoms in total. The van der Waals surface area contributed by atoms with Gasteiger partial charge in [-0.15, -0.1) is 0 Å². The molecule has 0 aliphatic rings. The monoisotopic (exact) mass is 582 g/mol. The lowest BCUT2D eigenvalue weighted by molar-refractivity contribution is 0.113. The summed E-state index contributed by atoms with van der Waals surface area (Å²) in [6, 6.07) is 31.1. The standard InChI is InChI=1S/C26H31O2S.C6H5FO3S/c1-25(2,3)27-22-18-13-19-23(28-26(4,5)6)24(22)29(20-14-9-7-10-15-20)21-16-11-8-12-17-21;7-5-1-3-6(4-2-5)11(8,9)10/h7-19H,1-6H3;1-4H,(H,8,9,10)/q+1;/p-1. The smallest absolute Gasteiger partial charge is 0.250 e. The van der Waals surface area contributed by atoms with Gasteiger partial charge in [0.1, 0.15) is 38.0 Å². The van der Waals surface area contributed by atoms with Crippen LogP contribution in [0.5, 0.6) is 11.5 Å². The zero-order valence-corrected chi connectivity index (χ0v) is 25.2. The summed E-state index contributed by atoms with van der Waals surface area (Å²) >= 11 is 0. The molecule has 0 saturated heterocycles. The van der Waals surface area contributed by atoms with Crippen LogP contribution in [-0.4, -0.2) is 24.2 Å². The van der Waals surface area contributed by atoms with Crippen molar-refractivity contribution in [2.45, 2.75) is 72.3 Å². The van der Waals surface area contributed by atoms with Gasteiger partial charge in [0, 0.05) is 0 Å². The summed E-state index contributed by atoms with van der Waals surface area (Å²) in [6.45, 7) is 12.5. The van der Waals surface area contributed by atoms with E-state index < -0.39 is 20.8 Å². The normalized spacial score (nSPS) is 11.9. The third-order valence-electron chi connectivity index (χ3n) is 5.04. The molecule has 0 saturated carbocycles. The van der Waals surface area contributed by atoms with Crippen LogP contribution in [0.25, 0.3) is 0 Å². The highest BCUT2D eigenvalue weighted by Gasteiger charge is 2.37. The van der Waals surface area contributed by atoms with Crippen molar-refractivity contribution in [3.05, 3.63) is 109 Å². The van der Waals surface area contributed by atoms with E-state index in [1.807, 2.05) is 6.07 Å². The van der Waals surface area contributed by atoms with Gasteiger partial charge in [-0.25, -0.2) is 12.8 Å². The summed E-state index contributed by atoms with van der Waals surface area (Å²) in [4.78, 5) is 3.15. The second-order valence-corrected chi connectivity index (χ2v) is 14.2. The van der Waals surface area contributed by atoms with Crippen molar-refractivity contribution in [2.24, 2.45) is 0 Å². The second-order valence-electron chi connectivity index (χ2n) is 10.9. The minimum absolute atomic E-state index is 0.308. The summed E-state index contributed by atoms with van der Waals surface area (Å²) in [5.41, 5.74) is -0.616. The van der Waals surface area contributed by atoms with Gasteiger partial charge >= 0.3 is 0 Å². The van der Waals surface area contributed by atoms with E-state index in [1.165, 1.54) is 9.79 Å². The van der Waals surface area contributed by atoms with Crippen LogP contribution >= 0.6 is 0 Å². The first kappa shape index (κ1) is 31.2. The van der Waals surface area contributed by atoms with Crippen molar-refractivity contribution >= 4 is 21.0 Å². The predicted octanol–water partition coefficient (Wildman–Crippen LogP) is 7.87. The van der Waals surface area contributed by atoms with E-state index in [-0.39, 0.29) is 22.1 Å². The maximum atomic E-state index is 12.2. The van der Waals surface area contributed by atoms with Gasteiger partial charge in [-0.2, -0.15) is 0 Å². The molecule has 0 bridgehead atoms. The van der Waals surface area contributed by atoms with E-state index in [0.717, 1.165) is 40.7 Å². The molecule has 0 N–H and O–H groups in total. The van der Waals surface area contributed by atoms with Crippen LogP contribution in [0.4, 0.5) is 4.39 Å². The minimum Gasteiger partial charge on any atom is -0.744 e. The number of ether oxygens (including phenoxy) is 2. The maximum Gasteiger partial charge on any atom is 0.250 e. The largest absolute Gasteiger partial charge is 0.744 e. The van der Waals surface area contributed by atoms with E-state index in [4.69, 9.17) is 9.47 Å². The third-order valence-corrected chi connectivity index (χ3v) is 8.19. The molecule has 0 fully saturated rings. The molecule has 0 amide bonds. The summed E-state index contributed by atoms with van der Waals surface area (Å²) in [5, 5.41) is 0. The molecule has 212 valence electrons. The van der Waals surface area contributed by atoms with Crippen molar-refractivity contribution in [3.63, 3.8) is 0 Å². The van der Waals surface area contributed by atoms with Crippen LogP contribution in [0.15, 0.2) is 123 Å². The molecule has 40 heavy (non-hydrogen) atoms. The lowest BCUT2D eigenvalue weighted by atomic mass is 10.2. The highest BCUT2D eigenvalue weighted by Crippen LogP contribution is 2.44. The van der Waals surface area contributed by atoms with Crippen LogP contribution in [0.1, 0.15) is 41.5 Å². The SMILES string of the molecule is CC(C)(C)Oc1cccc(OC(C)(C)C)c1[S+](c1ccccc1)c1ccccc1.O=S(=O)([O-])c1ccc(F)cc1. The topological polar surface area (TPSA) is 75.7 Å². The highest BCUT2D eigenvalue weighted by molar-refractivity contribution is 7.97. The van der Waals surface area contributed by atoms with Gasteiger partial charge in [0.2, 0.25) is 4.90 Å². The Hall–Kier alpha value is -3.33. The van der Waals surface area contributed by atoms with Gasteiger partial charge in [0.15, 0.2) is 21.3 Å². The molecule has 4 aromatic carbocycles. The van der Waals surface area contributed by atoms with E-state index in [9.17, 15) is 17.4 Å². The molecular weight excluding hydrogens is 547 g/mol. The molecule has 0 heterocycles. The van der Waals surface area contributed by atoms with Crippen molar-refractivity contribution in [1.29, 1.82) is 0 Å². The predicted molar refractivity (Wildman–Crippen MR) is 157 cm³/mol. The molecule has 0 aromatic heterocycles. The van der Waals surface area contributed by atoms with Gasteiger partial charge in [-0.1, -0.05) is 42.5 Å². The van der Waals surface area contributed by atoms with Gasteiger partial charge in [0.25, 0.3) is 0 Å². The average Bonchev–Trinajstić information content (AvgIpc) is 2.85. The Morgan fingerprint density at radius 2 is 1.02 bits per heavy atom. The fourth-order valence-electron chi connectivity index (χ4n) is 3.60. The van der Waals surface area contributed by atoms with Crippen molar-refractivity contribution in [1.82, 2.24) is 0 Å². The van der Waals surface area contributed by atoms with Gasteiger partial charge < -0.3 is 14.0 Å². The summed E-state index contributed by atoms with van der Waals surface area (Å²) < 4.78 is 55.9. The lowest BCUT2D eigenvalue weighted by Crippen LogP contribution is -2.26. The molecule has 0 aliphatic heterocycles. The number of rotatable bonds is 6. The Kier molecular flexibility index (Phi) is 10.1. The lowest BCUT2D eigenvalue weighted by Gasteiger charge is -2.26. The van der Waals surface area contributed by atoms with Crippen LogP contribution in [0.2, 0.25) is 0 Å². The number of benzene rings is 4. The van der Waals surface area contributed by atoms with Crippen LogP contribution in [0, 0.1) is 5.82 Å². The van der Waals surface area contributed by atoms with Crippen LogP contribution in [0.3, 0.4) is 0 Å². The van der Waals surface area contributed by atoms with E-state index in [2.05, 4.69) is 114 Å². The van der Waals surface area contributed by atoms with Crippen molar-refractivity contribution < 1.29 is 26.8 Å². The first-order valence-corrected chi connectivity index (χ1v) is 15.3. The fourth-order valence-corrected chi connectivity index (χ4v) is 6.30. The maximum absolute atomic E-state index is 12.2. The van der Waals surface area contributed by atoms with Crippen molar-refractivity contribution in [3.8, 4) is 11.5 Å². The van der Waals surface area contributed by atoms with Gasteiger partial charge in [0.05, 0.1) is 4.90 Å². The fraction of sp³-hybridized carbons (Fsp3) is 0.250. The molecule has 0 aliphatic carbocycles. The molecular formula is C32H35FO5S2. The summed E-state index contributed by atoms with van der Waals surface area (Å²) in [6.07, 6.45) is 0. The van der Waals surface area contributed by atoms with Crippen LogP contribution in [-0.2, 0) is 21.0 Å². The molecule has 4 rings (SSSR count). The first-order chi connectivity index (χ1) is 18.6. The van der Waals surface area contributed by atoms with E-state index >= 15 is 0 Å². The Morgan fingerprint density at radius 3 is 1.38 bits per heavy atom. The number of hydrogen-bond donors (Lipinski definition) is 0. The third kappa shape index (κ3) is 9.40. The minimum atomic E-state index is -4.44. The Bertz CT molecular complexity index is 1400. The number of halogens is 1. The molecule has 0 radical (unpaired) electrons. The molecule has 8 heteroatoms. The quantitative estimate of drug-likeness (QED) is 0.171. The Balaban J connectivity index is 0.000000336. The number of hydrogen-bond acceptors (Lipinski definition) is 5. The zero-order valence-electron chi connectivity index (χ0n) is 23.6. The molecule has 4 aromatic rings. The van der Waals surface area contributed by atoms with E-state index in [1.54, 1.807) is 0 Å². The Morgan fingerprint density at radius 1 is 0.625 bits per heavy atom. The van der Waals surface area contributed by atoms with Crippen LogP contribution < -0.4 is 9.47 Å². The average molecular weight is 583 g/mol. The molecule has 0 atom stereocenters. The first-order valence-electron chi connectivity index (χ1n) is 12.7. The van der Waals surface area contributed by atoms with Gasteiger partial charge in [-0.05, 0) is 102 Å². The summed E-state index contributed by atoms with van der Waals surface area (Å²) in [7, 11) is -4.79. The van der Waals surface area contributed by atoms with Crippen molar-refractivity contribution in [2.75, 3.05) is 0 Å². The summed E-state index contributed by atoms with van der Waals surface area (Å²) in [5.74, 6) is 1.17. The van der Waals surface area contributed by atoms with Gasteiger partial charge in [-0.3, -0.25) is 0 Å². The second kappa shape index (κ2) is 12.9. The Labute approximate surface area is 240 Å². The molecule has 0 unspecified atom stereocenters. The van der Waals surface area contributed by atoms with E-state index in [0.29, 0.717) is 0 Å².